The van der Waals surface area contributed by atoms with E-state index in [-0.39, 0.29) is 31.0 Å². The van der Waals surface area contributed by atoms with Gasteiger partial charge < -0.3 is 14.4 Å². The zero-order chi connectivity index (χ0) is 26.8. The third-order valence-corrected chi connectivity index (χ3v) is 6.45. The fraction of sp³-hybridized carbons (Fsp3) is 0.481. The van der Waals surface area contributed by atoms with Crippen LogP contribution in [-0.2, 0) is 31.8 Å². The van der Waals surface area contributed by atoms with Crippen molar-refractivity contribution in [2.24, 2.45) is 0 Å². The maximum absolute atomic E-state index is 12.9. The molecule has 2 aromatic rings. The van der Waals surface area contributed by atoms with E-state index < -0.39 is 11.7 Å². The first-order chi connectivity index (χ1) is 17.7. The molecule has 0 bridgehead atoms. The summed E-state index contributed by atoms with van der Waals surface area (Å²) < 4.78 is 49.6. The molecule has 0 radical (unpaired) electrons. The lowest BCUT2D eigenvalue weighted by atomic mass is 10.1. The number of benzene rings is 2. The van der Waals surface area contributed by atoms with Crippen LogP contribution in [0.2, 0.25) is 5.02 Å². The van der Waals surface area contributed by atoms with Crippen LogP contribution in [0.1, 0.15) is 49.0 Å². The molecule has 2 aromatic carbocycles. The summed E-state index contributed by atoms with van der Waals surface area (Å²) in [5.41, 5.74) is 0.859. The van der Waals surface area contributed by atoms with Gasteiger partial charge in [0, 0.05) is 50.6 Å². The van der Waals surface area contributed by atoms with Gasteiger partial charge in [-0.3, -0.25) is 14.5 Å². The Balaban J connectivity index is 1.54. The average molecular weight is 541 g/mol. The third-order valence-electron chi connectivity index (χ3n) is 6.20. The number of alkyl halides is 3. The summed E-state index contributed by atoms with van der Waals surface area (Å²) in [6, 6.07) is 12.3. The summed E-state index contributed by atoms with van der Waals surface area (Å²) in [6.45, 7) is 5.28. The van der Waals surface area contributed by atoms with Crippen LogP contribution in [0.25, 0.3) is 0 Å². The van der Waals surface area contributed by atoms with E-state index >= 15 is 0 Å². The van der Waals surface area contributed by atoms with E-state index in [4.69, 9.17) is 21.1 Å². The molecule has 0 saturated carbocycles. The van der Waals surface area contributed by atoms with Gasteiger partial charge in [-0.25, -0.2) is 0 Å². The van der Waals surface area contributed by atoms with Gasteiger partial charge in [0.05, 0.1) is 24.9 Å². The molecule has 0 spiro atoms. The van der Waals surface area contributed by atoms with Gasteiger partial charge in [0.15, 0.2) is 0 Å². The highest BCUT2D eigenvalue weighted by Gasteiger charge is 2.30. The van der Waals surface area contributed by atoms with E-state index in [0.29, 0.717) is 62.8 Å². The van der Waals surface area contributed by atoms with Crippen LogP contribution in [0.5, 0.6) is 0 Å². The van der Waals surface area contributed by atoms with E-state index in [9.17, 15) is 22.8 Å². The second kappa shape index (κ2) is 13.8. The van der Waals surface area contributed by atoms with Gasteiger partial charge >= 0.3 is 12.1 Å². The second-order valence-electron chi connectivity index (χ2n) is 8.89. The topological polar surface area (TPSA) is 59.1 Å². The predicted molar refractivity (Wildman–Crippen MR) is 134 cm³/mol. The zero-order valence-electron chi connectivity index (χ0n) is 20.8. The molecule has 0 aromatic heterocycles. The Bertz CT molecular complexity index is 1010. The lowest BCUT2D eigenvalue weighted by Crippen LogP contribution is -2.49. The van der Waals surface area contributed by atoms with Gasteiger partial charge in [-0.05, 0) is 48.7 Å². The quantitative estimate of drug-likeness (QED) is 0.353. The molecule has 1 aliphatic rings. The molecule has 1 atom stereocenters. The monoisotopic (exact) mass is 540 g/mol. The number of nitrogens with zero attached hydrogens (tertiary/aromatic N) is 2. The van der Waals surface area contributed by atoms with Crippen molar-refractivity contribution in [2.45, 2.75) is 45.1 Å². The first-order valence-electron chi connectivity index (χ1n) is 12.3. The average Bonchev–Trinajstić information content (AvgIpc) is 2.87. The van der Waals surface area contributed by atoms with E-state index in [1.165, 1.54) is 12.1 Å². The van der Waals surface area contributed by atoms with Crippen molar-refractivity contribution in [3.63, 3.8) is 0 Å². The molecule has 6 nitrogen and oxygen atoms in total. The molecule has 1 fully saturated rings. The van der Waals surface area contributed by atoms with E-state index in [2.05, 4.69) is 4.90 Å². The van der Waals surface area contributed by atoms with Crippen LogP contribution < -0.4 is 0 Å². The molecule has 0 N–H and O–H groups in total. The minimum atomic E-state index is -4.38. The molecule has 0 aliphatic carbocycles. The van der Waals surface area contributed by atoms with Crippen molar-refractivity contribution >= 4 is 23.5 Å². The van der Waals surface area contributed by atoms with Crippen molar-refractivity contribution in [2.75, 3.05) is 39.3 Å². The number of rotatable bonds is 11. The number of carbonyl (C=O) groups is 2. The molecule has 1 aliphatic heterocycles. The molecular weight excluding hydrogens is 509 g/mol. The van der Waals surface area contributed by atoms with Crippen molar-refractivity contribution in [3.05, 3.63) is 70.2 Å². The van der Waals surface area contributed by atoms with Crippen molar-refractivity contribution in [1.82, 2.24) is 9.80 Å². The largest absolute Gasteiger partial charge is 0.466 e. The SMILES string of the molecule is CCOC(=O)CCCC(=O)N1CCN(CC(OCc2ccc(C(F)(F)F)cc2)c2ccc(Cl)cc2)CC1. The Morgan fingerprint density at radius 1 is 0.973 bits per heavy atom. The zero-order valence-corrected chi connectivity index (χ0v) is 21.6. The Kier molecular flexibility index (Phi) is 10.8. The first kappa shape index (κ1) is 28.9. The Labute approximate surface area is 220 Å². The maximum atomic E-state index is 12.9. The summed E-state index contributed by atoms with van der Waals surface area (Å²) in [6.07, 6.45) is -3.70. The minimum absolute atomic E-state index is 0.0248. The van der Waals surface area contributed by atoms with Crippen LogP contribution in [0, 0.1) is 0 Å². The Morgan fingerprint density at radius 3 is 2.22 bits per heavy atom. The van der Waals surface area contributed by atoms with Crippen LogP contribution in [0.3, 0.4) is 0 Å². The summed E-state index contributed by atoms with van der Waals surface area (Å²) in [4.78, 5) is 28.0. The summed E-state index contributed by atoms with van der Waals surface area (Å²) in [5.74, 6) is -0.263. The van der Waals surface area contributed by atoms with Gasteiger partial charge in [0.2, 0.25) is 5.91 Å². The van der Waals surface area contributed by atoms with E-state index in [1.807, 2.05) is 17.0 Å². The van der Waals surface area contributed by atoms with E-state index in [1.54, 1.807) is 19.1 Å². The number of ether oxygens (including phenoxy) is 2. The Hall–Kier alpha value is -2.62. The van der Waals surface area contributed by atoms with Gasteiger partial charge in [0.1, 0.15) is 0 Å². The molecule has 1 heterocycles. The number of esters is 1. The molecule has 3 rings (SSSR count). The Morgan fingerprint density at radius 2 is 1.62 bits per heavy atom. The number of amides is 1. The predicted octanol–water partition coefficient (Wildman–Crippen LogP) is 5.49. The van der Waals surface area contributed by atoms with E-state index in [0.717, 1.165) is 17.7 Å². The lowest BCUT2D eigenvalue weighted by molar-refractivity contribution is -0.143. The standard InChI is InChI=1S/C27H32ClF3N2O4/c1-2-36-26(35)5-3-4-25(34)33-16-14-32(15-17-33)18-24(21-8-12-23(28)13-9-21)37-19-20-6-10-22(11-7-20)27(29,30)31/h6-13,24H,2-5,14-19H2,1H3. The third kappa shape index (κ3) is 9.32. The number of hydrogen-bond acceptors (Lipinski definition) is 5. The van der Waals surface area contributed by atoms with Gasteiger partial charge in [0.25, 0.3) is 0 Å². The van der Waals surface area contributed by atoms with Crippen molar-refractivity contribution in [3.8, 4) is 0 Å². The first-order valence-corrected chi connectivity index (χ1v) is 12.7. The number of carbonyl (C=O) groups excluding carboxylic acids is 2. The van der Waals surface area contributed by atoms with Gasteiger partial charge in [-0.1, -0.05) is 35.9 Å². The van der Waals surface area contributed by atoms with Crippen molar-refractivity contribution < 1.29 is 32.2 Å². The minimum Gasteiger partial charge on any atom is -0.466 e. The highest BCUT2D eigenvalue weighted by atomic mass is 35.5. The fourth-order valence-corrected chi connectivity index (χ4v) is 4.23. The molecular formula is C27H32ClF3N2O4. The maximum Gasteiger partial charge on any atom is 0.416 e. The summed E-state index contributed by atoms with van der Waals surface area (Å²) in [7, 11) is 0. The molecule has 37 heavy (non-hydrogen) atoms. The van der Waals surface area contributed by atoms with Crippen LogP contribution >= 0.6 is 11.6 Å². The fourth-order valence-electron chi connectivity index (χ4n) is 4.11. The van der Waals surface area contributed by atoms with Crippen LogP contribution in [0.4, 0.5) is 13.2 Å². The smallest absolute Gasteiger partial charge is 0.416 e. The molecule has 1 unspecified atom stereocenters. The normalized spacial score (nSPS) is 15.4. The molecule has 1 saturated heterocycles. The van der Waals surface area contributed by atoms with Gasteiger partial charge in [-0.15, -0.1) is 0 Å². The van der Waals surface area contributed by atoms with Crippen molar-refractivity contribution in [1.29, 1.82) is 0 Å². The highest BCUT2D eigenvalue weighted by molar-refractivity contribution is 6.30. The van der Waals surface area contributed by atoms with Crippen LogP contribution in [0.15, 0.2) is 48.5 Å². The lowest BCUT2D eigenvalue weighted by Gasteiger charge is -2.36. The number of halogens is 4. The highest BCUT2D eigenvalue weighted by Crippen LogP contribution is 2.30. The molecule has 202 valence electrons. The number of hydrogen-bond donors (Lipinski definition) is 0. The second-order valence-corrected chi connectivity index (χ2v) is 9.32. The van der Waals surface area contributed by atoms with Crippen LogP contribution in [-0.4, -0.2) is 61.0 Å². The number of piperazine rings is 1. The summed E-state index contributed by atoms with van der Waals surface area (Å²) >= 11 is 6.04. The summed E-state index contributed by atoms with van der Waals surface area (Å²) in [5, 5.41) is 0.598. The molecule has 1 amide bonds. The molecule has 10 heteroatoms. The van der Waals surface area contributed by atoms with Gasteiger partial charge in [-0.2, -0.15) is 13.2 Å².